The van der Waals surface area contributed by atoms with Gasteiger partial charge in [0, 0.05) is 43.5 Å². The lowest BCUT2D eigenvalue weighted by Gasteiger charge is -2.32. The zero-order valence-electron chi connectivity index (χ0n) is 12.1. The number of sulfonamides is 1. The van der Waals surface area contributed by atoms with E-state index in [4.69, 9.17) is 0 Å². The summed E-state index contributed by atoms with van der Waals surface area (Å²) in [6.07, 6.45) is 3.41. The van der Waals surface area contributed by atoms with Crippen molar-refractivity contribution < 1.29 is 8.42 Å². The summed E-state index contributed by atoms with van der Waals surface area (Å²) in [6.45, 7) is 3.82. The van der Waals surface area contributed by atoms with Gasteiger partial charge in [0.15, 0.2) is 0 Å². The van der Waals surface area contributed by atoms with Gasteiger partial charge in [-0.3, -0.25) is 4.98 Å². The van der Waals surface area contributed by atoms with Crippen molar-refractivity contribution in [2.45, 2.75) is 17.9 Å². The normalized spacial score (nSPS) is 19.2. The van der Waals surface area contributed by atoms with Crippen molar-refractivity contribution in [1.82, 2.24) is 14.6 Å². The molecule has 1 N–H and O–H groups in total. The van der Waals surface area contributed by atoms with E-state index >= 15 is 0 Å². The van der Waals surface area contributed by atoms with Crippen LogP contribution in [0.4, 0.5) is 0 Å². The Bertz CT molecular complexity index is 740. The Hall–Kier alpha value is -0.920. The number of hydrogen-bond acceptors (Lipinski definition) is 4. The van der Waals surface area contributed by atoms with E-state index in [1.807, 2.05) is 19.1 Å². The van der Waals surface area contributed by atoms with E-state index in [2.05, 4.69) is 10.3 Å². The van der Waals surface area contributed by atoms with Crippen molar-refractivity contribution in [3.05, 3.63) is 36.7 Å². The summed E-state index contributed by atoms with van der Waals surface area (Å²) in [4.78, 5) is 4.39. The smallest absolute Gasteiger partial charge is 0.243 e. The molecule has 1 fully saturated rings. The third-order valence-corrected chi connectivity index (χ3v) is 5.67. The second kappa shape index (κ2) is 7.57. The maximum atomic E-state index is 12.7. The van der Waals surface area contributed by atoms with Crippen molar-refractivity contribution in [3.8, 4) is 0 Å². The molecule has 0 saturated carbocycles. The molecule has 1 aliphatic heterocycles. The first kappa shape index (κ1) is 19.1. The molecule has 5 nitrogen and oxygen atoms in total. The Morgan fingerprint density at radius 2 is 2.00 bits per heavy atom. The average Bonchev–Trinajstić information content (AvgIpc) is 2.47. The Labute approximate surface area is 143 Å². The number of pyridine rings is 1. The van der Waals surface area contributed by atoms with Crippen LogP contribution < -0.4 is 5.32 Å². The highest BCUT2D eigenvalue weighted by Crippen LogP contribution is 2.23. The van der Waals surface area contributed by atoms with Crippen LogP contribution in [-0.2, 0) is 10.0 Å². The molecule has 1 saturated heterocycles. The molecular formula is C14H19Cl2N3O2S. The standard InChI is InChI=1S/C14H17N3O2S.2ClH/c1-11-9-16-6-7-17(11)20(18,19)14-3-2-13-10-15-5-4-12(13)8-14;;/h2-5,8,10-11,16H,6-7,9H2,1H3;2*1H. The lowest BCUT2D eigenvalue weighted by molar-refractivity contribution is 0.284. The fourth-order valence-electron chi connectivity index (χ4n) is 2.54. The summed E-state index contributed by atoms with van der Waals surface area (Å²) in [5.41, 5.74) is 0. The van der Waals surface area contributed by atoms with Gasteiger partial charge < -0.3 is 5.32 Å². The minimum atomic E-state index is -3.43. The van der Waals surface area contributed by atoms with Crippen LogP contribution in [0.3, 0.4) is 0 Å². The minimum Gasteiger partial charge on any atom is -0.314 e. The van der Waals surface area contributed by atoms with Gasteiger partial charge in [0.1, 0.15) is 0 Å². The topological polar surface area (TPSA) is 62.3 Å². The van der Waals surface area contributed by atoms with Crippen LogP contribution in [0.15, 0.2) is 41.6 Å². The van der Waals surface area contributed by atoms with E-state index in [0.29, 0.717) is 24.5 Å². The maximum Gasteiger partial charge on any atom is 0.243 e. The minimum absolute atomic E-state index is 0. The van der Waals surface area contributed by atoms with E-state index in [1.165, 1.54) is 0 Å². The monoisotopic (exact) mass is 363 g/mol. The van der Waals surface area contributed by atoms with E-state index in [-0.39, 0.29) is 30.9 Å². The molecular weight excluding hydrogens is 345 g/mol. The molecule has 1 aliphatic rings. The quantitative estimate of drug-likeness (QED) is 0.886. The first-order valence-electron chi connectivity index (χ1n) is 6.65. The Morgan fingerprint density at radius 1 is 1.23 bits per heavy atom. The maximum absolute atomic E-state index is 12.7. The number of hydrogen-bond donors (Lipinski definition) is 1. The average molecular weight is 364 g/mol. The van der Waals surface area contributed by atoms with Crippen LogP contribution >= 0.6 is 24.8 Å². The van der Waals surface area contributed by atoms with Gasteiger partial charge in [-0.15, -0.1) is 24.8 Å². The van der Waals surface area contributed by atoms with E-state index in [1.54, 1.807) is 28.8 Å². The number of nitrogens with one attached hydrogen (secondary N) is 1. The zero-order valence-corrected chi connectivity index (χ0v) is 14.5. The van der Waals surface area contributed by atoms with Crippen LogP contribution in [0.1, 0.15) is 6.92 Å². The summed E-state index contributed by atoms with van der Waals surface area (Å²) in [5, 5.41) is 5.04. The molecule has 1 unspecified atom stereocenters. The second-order valence-electron chi connectivity index (χ2n) is 5.05. The molecule has 0 bridgehead atoms. The highest BCUT2D eigenvalue weighted by atomic mass is 35.5. The first-order chi connectivity index (χ1) is 9.59. The van der Waals surface area contributed by atoms with E-state index < -0.39 is 10.0 Å². The van der Waals surface area contributed by atoms with Gasteiger partial charge >= 0.3 is 0 Å². The number of benzene rings is 1. The first-order valence-corrected chi connectivity index (χ1v) is 8.09. The van der Waals surface area contributed by atoms with Gasteiger partial charge in [-0.2, -0.15) is 4.31 Å². The van der Waals surface area contributed by atoms with Gasteiger partial charge in [-0.1, -0.05) is 6.07 Å². The van der Waals surface area contributed by atoms with Crippen LogP contribution in [0.2, 0.25) is 0 Å². The molecule has 0 spiro atoms. The molecule has 2 aromatic rings. The number of aromatic nitrogens is 1. The number of rotatable bonds is 2. The van der Waals surface area contributed by atoms with Crippen molar-refractivity contribution >= 4 is 45.6 Å². The fourth-order valence-corrected chi connectivity index (χ4v) is 4.20. The molecule has 1 atom stereocenters. The number of fused-ring (bicyclic) bond motifs is 1. The molecule has 0 amide bonds. The molecule has 0 aliphatic carbocycles. The van der Waals surface area contributed by atoms with Gasteiger partial charge in [-0.05, 0) is 30.5 Å². The third kappa shape index (κ3) is 3.52. The molecule has 22 heavy (non-hydrogen) atoms. The largest absolute Gasteiger partial charge is 0.314 e. The fraction of sp³-hybridized carbons (Fsp3) is 0.357. The number of nitrogens with zero attached hydrogens (tertiary/aromatic N) is 2. The van der Waals surface area contributed by atoms with Crippen molar-refractivity contribution in [2.24, 2.45) is 0 Å². The van der Waals surface area contributed by atoms with Gasteiger partial charge in [0.05, 0.1) is 4.90 Å². The van der Waals surface area contributed by atoms with E-state index in [9.17, 15) is 8.42 Å². The summed E-state index contributed by atoms with van der Waals surface area (Å²) in [7, 11) is -3.43. The lowest BCUT2D eigenvalue weighted by Crippen LogP contribution is -2.52. The summed E-state index contributed by atoms with van der Waals surface area (Å²) in [6, 6.07) is 6.99. The van der Waals surface area contributed by atoms with Crippen molar-refractivity contribution in [1.29, 1.82) is 0 Å². The van der Waals surface area contributed by atoms with Crippen LogP contribution in [-0.4, -0.2) is 43.4 Å². The van der Waals surface area contributed by atoms with E-state index in [0.717, 1.165) is 10.8 Å². The van der Waals surface area contributed by atoms with Crippen LogP contribution in [0.5, 0.6) is 0 Å². The predicted molar refractivity (Wildman–Crippen MR) is 92.5 cm³/mol. The molecule has 2 heterocycles. The highest BCUT2D eigenvalue weighted by Gasteiger charge is 2.30. The summed E-state index contributed by atoms with van der Waals surface area (Å²) >= 11 is 0. The van der Waals surface area contributed by atoms with Gasteiger partial charge in [0.25, 0.3) is 0 Å². The molecule has 3 rings (SSSR count). The Balaban J connectivity index is 0.00000121. The highest BCUT2D eigenvalue weighted by molar-refractivity contribution is 7.89. The molecule has 0 radical (unpaired) electrons. The third-order valence-electron chi connectivity index (χ3n) is 3.66. The van der Waals surface area contributed by atoms with Crippen LogP contribution in [0.25, 0.3) is 10.8 Å². The summed E-state index contributed by atoms with van der Waals surface area (Å²) < 4.78 is 27.0. The van der Waals surface area contributed by atoms with Crippen molar-refractivity contribution in [3.63, 3.8) is 0 Å². The second-order valence-corrected chi connectivity index (χ2v) is 6.94. The molecule has 1 aromatic heterocycles. The van der Waals surface area contributed by atoms with Gasteiger partial charge in [0.2, 0.25) is 10.0 Å². The lowest BCUT2D eigenvalue weighted by atomic mass is 10.2. The summed E-state index contributed by atoms with van der Waals surface area (Å²) in [5.74, 6) is 0. The molecule has 1 aromatic carbocycles. The van der Waals surface area contributed by atoms with Crippen LogP contribution in [0, 0.1) is 0 Å². The number of piperazine rings is 1. The molecule has 122 valence electrons. The Kier molecular flexibility index (Phi) is 6.58. The van der Waals surface area contributed by atoms with Gasteiger partial charge in [-0.25, -0.2) is 8.42 Å². The molecule has 8 heteroatoms. The zero-order chi connectivity index (χ0) is 14.2. The predicted octanol–water partition coefficient (Wildman–Crippen LogP) is 2.06. The SMILES string of the molecule is CC1CNCCN1S(=O)(=O)c1ccc2cnccc2c1.Cl.Cl. The number of halogens is 2. The van der Waals surface area contributed by atoms with Crippen molar-refractivity contribution in [2.75, 3.05) is 19.6 Å². The Morgan fingerprint density at radius 3 is 2.73 bits per heavy atom.